The van der Waals surface area contributed by atoms with Crippen LogP contribution < -0.4 is 4.74 Å². The zero-order chi connectivity index (χ0) is 14.5. The van der Waals surface area contributed by atoms with Gasteiger partial charge in [-0.05, 0) is 61.7 Å². The molecule has 0 bridgehead atoms. The summed E-state index contributed by atoms with van der Waals surface area (Å²) in [6.45, 7) is 1.69. The van der Waals surface area contributed by atoms with Gasteiger partial charge in [-0.15, -0.1) is 11.8 Å². The van der Waals surface area contributed by atoms with Crippen molar-refractivity contribution in [2.24, 2.45) is 0 Å². The Balaban J connectivity index is 2.04. The predicted molar refractivity (Wildman–Crippen MR) is 79.0 cm³/mol. The highest BCUT2D eigenvalue weighted by Gasteiger charge is 2.16. The van der Waals surface area contributed by atoms with Gasteiger partial charge in [-0.25, -0.2) is 4.39 Å². The molecule has 0 fully saturated rings. The van der Waals surface area contributed by atoms with Crippen LogP contribution in [0.25, 0.3) is 0 Å². The van der Waals surface area contributed by atoms with Gasteiger partial charge in [0.2, 0.25) is 5.78 Å². The van der Waals surface area contributed by atoms with Crippen LogP contribution in [0.1, 0.15) is 17.3 Å². The minimum atomic E-state index is -0.611. The van der Waals surface area contributed by atoms with E-state index in [0.29, 0.717) is 11.3 Å². The van der Waals surface area contributed by atoms with Crippen molar-refractivity contribution in [3.8, 4) is 5.75 Å². The van der Waals surface area contributed by atoms with Crippen molar-refractivity contribution in [2.75, 3.05) is 6.26 Å². The van der Waals surface area contributed by atoms with Crippen molar-refractivity contribution in [1.82, 2.24) is 0 Å². The molecule has 0 aromatic heterocycles. The lowest BCUT2D eigenvalue weighted by atomic mass is 10.1. The van der Waals surface area contributed by atoms with E-state index in [9.17, 15) is 9.18 Å². The summed E-state index contributed by atoms with van der Waals surface area (Å²) in [5.41, 5.74) is 0.444. The minimum absolute atomic E-state index is 0.168. The van der Waals surface area contributed by atoms with Crippen molar-refractivity contribution in [3.63, 3.8) is 0 Å². The van der Waals surface area contributed by atoms with Crippen LogP contribution in [0.2, 0.25) is 0 Å². The van der Waals surface area contributed by atoms with E-state index in [1.54, 1.807) is 18.7 Å². The third-order valence-electron chi connectivity index (χ3n) is 2.87. The first kappa shape index (κ1) is 14.6. The van der Waals surface area contributed by atoms with Gasteiger partial charge in [0.05, 0.1) is 0 Å². The quantitative estimate of drug-likeness (QED) is 0.610. The Labute approximate surface area is 122 Å². The lowest BCUT2D eigenvalue weighted by Gasteiger charge is -2.14. The number of rotatable bonds is 5. The van der Waals surface area contributed by atoms with Crippen LogP contribution >= 0.6 is 11.8 Å². The molecular weight excluding hydrogens is 275 g/mol. The fourth-order valence-corrected chi connectivity index (χ4v) is 2.17. The zero-order valence-corrected chi connectivity index (χ0v) is 12.1. The van der Waals surface area contributed by atoms with Gasteiger partial charge in [0.15, 0.2) is 6.10 Å². The van der Waals surface area contributed by atoms with Gasteiger partial charge < -0.3 is 4.74 Å². The lowest BCUT2D eigenvalue weighted by Crippen LogP contribution is -2.23. The number of Topliss-reactive ketones (excluding diaryl/α,β-unsaturated/α-hetero) is 1. The highest BCUT2D eigenvalue weighted by atomic mass is 32.2. The number of ether oxygens (including phenoxy) is 1. The average Bonchev–Trinajstić information content (AvgIpc) is 2.48. The molecule has 0 saturated carbocycles. The summed E-state index contributed by atoms with van der Waals surface area (Å²) >= 11 is 1.64. The summed E-state index contributed by atoms with van der Waals surface area (Å²) in [5.74, 6) is 0.118. The molecule has 0 aliphatic heterocycles. The summed E-state index contributed by atoms with van der Waals surface area (Å²) in [7, 11) is 0. The third kappa shape index (κ3) is 3.61. The Morgan fingerprint density at radius 3 is 2.25 bits per heavy atom. The average molecular weight is 290 g/mol. The molecule has 4 heteroatoms. The smallest absolute Gasteiger partial charge is 0.202 e. The number of hydrogen-bond donors (Lipinski definition) is 0. The topological polar surface area (TPSA) is 26.3 Å². The van der Waals surface area contributed by atoms with E-state index in [1.807, 2.05) is 30.5 Å². The Kier molecular flexibility index (Phi) is 4.79. The summed E-state index contributed by atoms with van der Waals surface area (Å²) in [5, 5.41) is 0. The molecule has 104 valence electrons. The van der Waals surface area contributed by atoms with Gasteiger partial charge in [0, 0.05) is 10.5 Å². The fraction of sp³-hybridized carbons (Fsp3) is 0.188. The largest absolute Gasteiger partial charge is 0.483 e. The molecule has 2 rings (SSSR count). The SMILES string of the molecule is CSc1ccc(OC(C)C(=O)c2ccc(F)cc2)cc1. The molecule has 0 aliphatic rings. The maximum atomic E-state index is 12.8. The Morgan fingerprint density at radius 2 is 1.70 bits per heavy atom. The van der Waals surface area contributed by atoms with E-state index in [4.69, 9.17) is 4.74 Å². The summed E-state index contributed by atoms with van der Waals surface area (Å²) in [6.07, 6.45) is 1.39. The number of ketones is 1. The first-order valence-electron chi connectivity index (χ1n) is 6.20. The summed E-state index contributed by atoms with van der Waals surface area (Å²) in [4.78, 5) is 13.3. The molecule has 0 amide bonds. The minimum Gasteiger partial charge on any atom is -0.483 e. The molecule has 1 atom stereocenters. The second-order valence-corrected chi connectivity index (χ2v) is 5.19. The van der Waals surface area contributed by atoms with Crippen LogP contribution in [-0.4, -0.2) is 18.1 Å². The highest BCUT2D eigenvalue weighted by Crippen LogP contribution is 2.20. The van der Waals surface area contributed by atoms with Crippen LogP contribution in [0, 0.1) is 5.82 Å². The van der Waals surface area contributed by atoms with Gasteiger partial charge in [-0.1, -0.05) is 0 Å². The van der Waals surface area contributed by atoms with E-state index < -0.39 is 6.10 Å². The molecule has 0 aliphatic carbocycles. The van der Waals surface area contributed by atoms with E-state index in [1.165, 1.54) is 24.3 Å². The molecule has 1 unspecified atom stereocenters. The molecule has 20 heavy (non-hydrogen) atoms. The number of hydrogen-bond acceptors (Lipinski definition) is 3. The molecule has 0 heterocycles. The maximum absolute atomic E-state index is 12.8. The monoisotopic (exact) mass is 290 g/mol. The molecule has 2 aromatic rings. The molecule has 2 aromatic carbocycles. The maximum Gasteiger partial charge on any atom is 0.202 e. The van der Waals surface area contributed by atoms with Gasteiger partial charge in [-0.3, -0.25) is 4.79 Å². The first-order chi connectivity index (χ1) is 9.60. The Morgan fingerprint density at radius 1 is 1.10 bits per heavy atom. The van der Waals surface area contributed by atoms with Gasteiger partial charge >= 0.3 is 0 Å². The van der Waals surface area contributed by atoms with E-state index in [-0.39, 0.29) is 11.6 Å². The van der Waals surface area contributed by atoms with Crippen molar-refractivity contribution in [1.29, 1.82) is 0 Å². The third-order valence-corrected chi connectivity index (χ3v) is 3.61. The van der Waals surface area contributed by atoms with Crippen molar-refractivity contribution >= 4 is 17.5 Å². The van der Waals surface area contributed by atoms with E-state index in [0.717, 1.165) is 4.90 Å². The number of thioether (sulfide) groups is 1. The molecule has 0 N–H and O–H groups in total. The Bertz CT molecular complexity index is 578. The second-order valence-electron chi connectivity index (χ2n) is 4.31. The van der Waals surface area contributed by atoms with Crippen LogP contribution in [0.3, 0.4) is 0 Å². The normalized spacial score (nSPS) is 11.9. The number of carbonyl (C=O) groups is 1. The first-order valence-corrected chi connectivity index (χ1v) is 7.43. The van der Waals surface area contributed by atoms with E-state index >= 15 is 0 Å². The van der Waals surface area contributed by atoms with Crippen LogP contribution in [-0.2, 0) is 0 Å². The van der Waals surface area contributed by atoms with E-state index in [2.05, 4.69) is 0 Å². The molecule has 0 spiro atoms. The molecule has 0 saturated heterocycles. The molecule has 0 radical (unpaired) electrons. The zero-order valence-electron chi connectivity index (χ0n) is 11.3. The summed E-state index contributed by atoms with van der Waals surface area (Å²) in [6, 6.07) is 13.0. The molecule has 2 nitrogen and oxygen atoms in total. The van der Waals surface area contributed by atoms with Crippen LogP contribution in [0.4, 0.5) is 4.39 Å². The highest BCUT2D eigenvalue weighted by molar-refractivity contribution is 7.98. The van der Waals surface area contributed by atoms with Crippen molar-refractivity contribution < 1.29 is 13.9 Å². The lowest BCUT2D eigenvalue weighted by molar-refractivity contribution is 0.0818. The van der Waals surface area contributed by atoms with Gasteiger partial charge in [0.25, 0.3) is 0 Å². The number of benzene rings is 2. The van der Waals surface area contributed by atoms with Crippen LogP contribution in [0.15, 0.2) is 53.4 Å². The van der Waals surface area contributed by atoms with Gasteiger partial charge in [0.1, 0.15) is 11.6 Å². The standard InChI is InChI=1S/C16H15FO2S/c1-11(16(18)12-3-5-13(17)6-4-12)19-14-7-9-15(20-2)10-8-14/h3-11H,1-2H3. The fourth-order valence-electron chi connectivity index (χ4n) is 1.76. The second kappa shape index (κ2) is 6.57. The van der Waals surface area contributed by atoms with Crippen molar-refractivity contribution in [2.45, 2.75) is 17.9 Å². The Hall–Kier alpha value is -1.81. The number of carbonyl (C=O) groups excluding carboxylic acids is 1. The van der Waals surface area contributed by atoms with Gasteiger partial charge in [-0.2, -0.15) is 0 Å². The predicted octanol–water partition coefficient (Wildman–Crippen LogP) is 4.20. The molecular formula is C16H15FO2S. The summed E-state index contributed by atoms with van der Waals surface area (Å²) < 4.78 is 18.4. The number of halogens is 1. The van der Waals surface area contributed by atoms with Crippen LogP contribution in [0.5, 0.6) is 5.75 Å². The van der Waals surface area contributed by atoms with Crippen molar-refractivity contribution in [3.05, 3.63) is 59.9 Å².